The summed E-state index contributed by atoms with van der Waals surface area (Å²) in [4.78, 5) is 43.8. The Labute approximate surface area is 199 Å². The summed E-state index contributed by atoms with van der Waals surface area (Å²) in [5.41, 5.74) is 2.20. The van der Waals surface area contributed by atoms with Gasteiger partial charge in [0.15, 0.2) is 0 Å². The van der Waals surface area contributed by atoms with Crippen molar-refractivity contribution in [3.05, 3.63) is 60.2 Å². The van der Waals surface area contributed by atoms with E-state index >= 15 is 0 Å². The first-order valence-corrected chi connectivity index (χ1v) is 11.8. The van der Waals surface area contributed by atoms with E-state index in [1.807, 2.05) is 30.3 Å². The molecule has 2 saturated heterocycles. The smallest absolute Gasteiger partial charge is 0.244 e. The molecule has 3 heterocycles. The van der Waals surface area contributed by atoms with Crippen LogP contribution in [0.25, 0.3) is 0 Å². The van der Waals surface area contributed by atoms with Crippen LogP contribution in [-0.4, -0.2) is 72.8 Å². The van der Waals surface area contributed by atoms with Gasteiger partial charge >= 0.3 is 0 Å². The Kier molecular flexibility index (Phi) is 5.87. The van der Waals surface area contributed by atoms with E-state index in [4.69, 9.17) is 0 Å². The lowest BCUT2D eigenvalue weighted by Crippen LogP contribution is -2.64. The summed E-state index contributed by atoms with van der Waals surface area (Å²) in [5, 5.41) is 6.11. The first-order valence-electron chi connectivity index (χ1n) is 11.8. The number of carbonyl (C=O) groups is 3. The van der Waals surface area contributed by atoms with Crippen LogP contribution in [0.5, 0.6) is 0 Å². The van der Waals surface area contributed by atoms with Crippen molar-refractivity contribution in [2.24, 2.45) is 5.92 Å². The lowest BCUT2D eigenvalue weighted by atomic mass is 9.75. The van der Waals surface area contributed by atoms with Gasteiger partial charge in [0, 0.05) is 32.0 Å². The molecule has 2 fully saturated rings. The van der Waals surface area contributed by atoms with Gasteiger partial charge in [-0.05, 0) is 37.7 Å². The van der Waals surface area contributed by atoms with Crippen molar-refractivity contribution in [2.45, 2.75) is 24.9 Å². The highest BCUT2D eigenvalue weighted by Gasteiger charge is 2.55. The second-order valence-electron chi connectivity index (χ2n) is 9.76. The SMILES string of the molecule is CC(=O)N[C@@]12CN(CC(=O)N3CC(=O)Nc4ccccc43)CC[C@@H]1[C@@H](c1ccccc1)N(C)C2. The normalized spacial score (nSPS) is 27.0. The highest BCUT2D eigenvalue weighted by atomic mass is 16.2. The molecule has 5 rings (SSSR count). The van der Waals surface area contributed by atoms with E-state index in [2.05, 4.69) is 51.7 Å². The molecule has 2 aromatic rings. The fraction of sp³-hybridized carbons (Fsp3) is 0.423. The van der Waals surface area contributed by atoms with E-state index in [0.717, 1.165) is 25.2 Å². The maximum Gasteiger partial charge on any atom is 0.244 e. The van der Waals surface area contributed by atoms with Gasteiger partial charge in [0.25, 0.3) is 0 Å². The van der Waals surface area contributed by atoms with Gasteiger partial charge in [-0.2, -0.15) is 0 Å². The lowest BCUT2D eigenvalue weighted by molar-refractivity contribution is -0.124. The average Bonchev–Trinajstić information content (AvgIpc) is 3.08. The lowest BCUT2D eigenvalue weighted by Gasteiger charge is -2.46. The summed E-state index contributed by atoms with van der Waals surface area (Å²) in [6.07, 6.45) is 0.870. The number of likely N-dealkylation sites (N-methyl/N-ethyl adjacent to an activating group) is 1. The van der Waals surface area contributed by atoms with Gasteiger partial charge in [-0.25, -0.2) is 0 Å². The van der Waals surface area contributed by atoms with Crippen LogP contribution < -0.4 is 15.5 Å². The second kappa shape index (κ2) is 8.85. The number of likely N-dealkylation sites (tertiary alicyclic amines) is 2. The predicted molar refractivity (Wildman–Crippen MR) is 130 cm³/mol. The molecule has 3 aliphatic rings. The standard InChI is InChI=1S/C26H31N5O3/c1-18(32)28-26-16-29(2)25(19-8-4-3-5-9-19)20(26)12-13-30(17-26)15-24(34)31-14-23(33)27-21-10-6-7-11-22(21)31/h3-11,20,25H,12-17H2,1-2H3,(H,27,33)(H,28,32)/t20-,25-,26+/m1/s1. The van der Waals surface area contributed by atoms with Gasteiger partial charge in [0.2, 0.25) is 17.7 Å². The van der Waals surface area contributed by atoms with Gasteiger partial charge in [-0.1, -0.05) is 42.5 Å². The molecular formula is C26H31N5O3. The molecule has 34 heavy (non-hydrogen) atoms. The van der Waals surface area contributed by atoms with Crippen LogP contribution in [0, 0.1) is 5.92 Å². The minimum atomic E-state index is -0.434. The van der Waals surface area contributed by atoms with Gasteiger partial charge in [0.1, 0.15) is 6.54 Å². The van der Waals surface area contributed by atoms with Gasteiger partial charge in [-0.15, -0.1) is 0 Å². The highest BCUT2D eigenvalue weighted by molar-refractivity contribution is 6.10. The number of benzene rings is 2. The summed E-state index contributed by atoms with van der Waals surface area (Å²) in [6, 6.07) is 18.0. The fourth-order valence-corrected chi connectivity index (χ4v) is 6.20. The number of nitrogens with zero attached hydrogens (tertiary/aromatic N) is 3. The summed E-state index contributed by atoms with van der Waals surface area (Å²) in [7, 11) is 2.11. The Balaban J connectivity index is 1.37. The third-order valence-corrected chi connectivity index (χ3v) is 7.36. The minimum absolute atomic E-state index is 0.0158. The van der Waals surface area contributed by atoms with Crippen molar-refractivity contribution in [3.63, 3.8) is 0 Å². The van der Waals surface area contributed by atoms with E-state index in [9.17, 15) is 14.4 Å². The van der Waals surface area contributed by atoms with Crippen LogP contribution >= 0.6 is 0 Å². The summed E-state index contributed by atoms with van der Waals surface area (Å²) in [5.74, 6) is -0.105. The zero-order chi connectivity index (χ0) is 23.9. The Morgan fingerprint density at radius 1 is 1.09 bits per heavy atom. The van der Waals surface area contributed by atoms with Crippen molar-refractivity contribution in [2.75, 3.05) is 50.0 Å². The highest BCUT2D eigenvalue weighted by Crippen LogP contribution is 2.46. The number of para-hydroxylation sites is 2. The number of fused-ring (bicyclic) bond motifs is 2. The Morgan fingerprint density at radius 2 is 1.82 bits per heavy atom. The monoisotopic (exact) mass is 461 g/mol. The predicted octanol–water partition coefficient (Wildman–Crippen LogP) is 1.86. The number of hydrogen-bond donors (Lipinski definition) is 2. The number of hydrogen-bond acceptors (Lipinski definition) is 5. The van der Waals surface area contributed by atoms with Crippen LogP contribution in [0.15, 0.2) is 54.6 Å². The Bertz CT molecular complexity index is 1110. The third-order valence-electron chi connectivity index (χ3n) is 7.36. The first kappa shape index (κ1) is 22.6. The average molecular weight is 462 g/mol. The maximum absolute atomic E-state index is 13.3. The van der Waals surface area contributed by atoms with Crippen LogP contribution in [0.3, 0.4) is 0 Å². The topological polar surface area (TPSA) is 85.0 Å². The van der Waals surface area contributed by atoms with Crippen molar-refractivity contribution >= 4 is 29.1 Å². The number of carbonyl (C=O) groups excluding carboxylic acids is 3. The minimum Gasteiger partial charge on any atom is -0.348 e. The fourth-order valence-electron chi connectivity index (χ4n) is 6.20. The number of nitrogens with one attached hydrogen (secondary N) is 2. The molecule has 0 aromatic heterocycles. The first-order chi connectivity index (χ1) is 16.4. The van der Waals surface area contributed by atoms with E-state index in [1.165, 1.54) is 5.56 Å². The summed E-state index contributed by atoms with van der Waals surface area (Å²) < 4.78 is 0. The van der Waals surface area contributed by atoms with Crippen molar-refractivity contribution in [1.82, 2.24) is 15.1 Å². The van der Waals surface area contributed by atoms with Gasteiger partial charge in [0.05, 0.1) is 23.5 Å². The molecule has 0 spiro atoms. The van der Waals surface area contributed by atoms with Crippen LogP contribution in [0.4, 0.5) is 11.4 Å². The second-order valence-corrected chi connectivity index (χ2v) is 9.76. The van der Waals surface area contributed by atoms with Crippen LogP contribution in [0.1, 0.15) is 24.9 Å². The number of piperidine rings is 1. The van der Waals surface area contributed by atoms with E-state index < -0.39 is 5.54 Å². The molecule has 0 unspecified atom stereocenters. The number of anilines is 2. The molecule has 3 amide bonds. The Hall–Kier alpha value is -3.23. The molecule has 3 atom stereocenters. The van der Waals surface area contributed by atoms with Gasteiger partial charge in [-0.3, -0.25) is 29.1 Å². The molecule has 0 bridgehead atoms. The molecule has 2 aromatic carbocycles. The summed E-state index contributed by atoms with van der Waals surface area (Å²) >= 11 is 0. The maximum atomic E-state index is 13.3. The quantitative estimate of drug-likeness (QED) is 0.726. The zero-order valence-electron chi connectivity index (χ0n) is 19.7. The van der Waals surface area contributed by atoms with E-state index in [1.54, 1.807) is 11.8 Å². The molecule has 3 aliphatic heterocycles. The molecule has 0 radical (unpaired) electrons. The largest absolute Gasteiger partial charge is 0.348 e. The third kappa shape index (κ3) is 4.08. The molecule has 178 valence electrons. The number of rotatable bonds is 4. The molecule has 2 N–H and O–H groups in total. The number of amides is 3. The van der Waals surface area contributed by atoms with E-state index in [0.29, 0.717) is 12.2 Å². The molecule has 0 saturated carbocycles. The molecule has 8 heteroatoms. The summed E-state index contributed by atoms with van der Waals surface area (Å²) in [6.45, 7) is 3.86. The van der Waals surface area contributed by atoms with Crippen molar-refractivity contribution < 1.29 is 14.4 Å². The molecular weight excluding hydrogens is 430 g/mol. The Morgan fingerprint density at radius 3 is 2.59 bits per heavy atom. The zero-order valence-corrected chi connectivity index (χ0v) is 19.7. The van der Waals surface area contributed by atoms with Crippen molar-refractivity contribution in [3.8, 4) is 0 Å². The van der Waals surface area contributed by atoms with Crippen molar-refractivity contribution in [1.29, 1.82) is 0 Å². The van der Waals surface area contributed by atoms with Crippen LogP contribution in [0.2, 0.25) is 0 Å². The van der Waals surface area contributed by atoms with Gasteiger partial charge < -0.3 is 10.6 Å². The van der Waals surface area contributed by atoms with Crippen LogP contribution in [-0.2, 0) is 14.4 Å². The van der Waals surface area contributed by atoms with E-state index in [-0.39, 0.29) is 42.8 Å². The molecule has 8 nitrogen and oxygen atoms in total. The molecule has 0 aliphatic carbocycles.